The molecule has 11 nitrogen and oxygen atoms in total. The van der Waals surface area contributed by atoms with Gasteiger partial charge in [-0.2, -0.15) is 5.21 Å². The van der Waals surface area contributed by atoms with E-state index in [0.717, 1.165) is 33.0 Å². The highest BCUT2D eigenvalue weighted by atomic mass is 79.9. The fourth-order valence-electron chi connectivity index (χ4n) is 4.36. The van der Waals surface area contributed by atoms with Crippen molar-refractivity contribution in [1.29, 1.82) is 0 Å². The van der Waals surface area contributed by atoms with E-state index in [9.17, 15) is 9.59 Å². The summed E-state index contributed by atoms with van der Waals surface area (Å²) < 4.78 is 8.78. The highest BCUT2D eigenvalue weighted by Gasteiger charge is 2.23. The maximum absolute atomic E-state index is 12.9. The van der Waals surface area contributed by atoms with Crippen LogP contribution in [0.1, 0.15) is 41.6 Å². The number of imidazole rings is 1. The molecule has 0 aliphatic heterocycles. The van der Waals surface area contributed by atoms with Gasteiger partial charge in [0.2, 0.25) is 5.82 Å². The number of carboxylic acids is 1. The van der Waals surface area contributed by atoms with Crippen LogP contribution in [0, 0.1) is 0 Å². The second-order valence-corrected chi connectivity index (χ2v) is 9.91. The summed E-state index contributed by atoms with van der Waals surface area (Å²) in [5.41, 5.74) is 3.34. The molecule has 0 unspecified atom stereocenters. The topological polar surface area (TPSA) is 152 Å². The zero-order chi connectivity index (χ0) is 27.5. The molecular weight excluding hydrogens is 590 g/mol. The van der Waals surface area contributed by atoms with E-state index in [1.54, 1.807) is 4.57 Å². The third kappa shape index (κ3) is 5.43. The number of carbonyl (C=O) groups excluding carboxylic acids is 1. The van der Waals surface area contributed by atoms with Gasteiger partial charge in [0, 0.05) is 36.0 Å². The zero-order valence-corrected chi connectivity index (χ0v) is 23.1. The van der Waals surface area contributed by atoms with E-state index < -0.39 is 11.9 Å². The predicted octanol–water partition coefficient (Wildman–Crippen LogP) is 5.10. The van der Waals surface area contributed by atoms with Crippen LogP contribution >= 0.6 is 27.5 Å². The Hall–Kier alpha value is -4.03. The lowest BCUT2D eigenvalue weighted by molar-refractivity contribution is -0.136. The molecule has 0 saturated heterocycles. The molecule has 13 heteroatoms. The molecule has 5 aromatic rings. The minimum Gasteiger partial charge on any atom is -0.481 e. The summed E-state index contributed by atoms with van der Waals surface area (Å²) in [5.74, 6) is 0.278. The Morgan fingerprint density at radius 1 is 1.21 bits per heavy atom. The van der Waals surface area contributed by atoms with Crippen molar-refractivity contribution in [3.8, 4) is 22.7 Å². The lowest BCUT2D eigenvalue weighted by Gasteiger charge is -2.12. The summed E-state index contributed by atoms with van der Waals surface area (Å²) in [6, 6.07) is 13.4. The van der Waals surface area contributed by atoms with Crippen molar-refractivity contribution < 1.29 is 19.1 Å². The molecule has 2 aromatic carbocycles. The molecule has 200 valence electrons. The number of nitrogens with zero attached hydrogens (tertiary/aromatic N) is 5. The number of aliphatic carboxylic acids is 1. The number of amides is 1. The number of carbonyl (C=O) groups is 2. The number of rotatable bonds is 10. The molecule has 0 aliphatic carbocycles. The number of benzene rings is 2. The SMILES string of the molecule is CCCc1nc(Cl)c(C(=O)NCCC(=O)O)n1Cc1ccc2oc(-c3ccccc3-c3nn[nH]n3)c(Br)c2c1. The van der Waals surface area contributed by atoms with Gasteiger partial charge in [-0.15, -0.1) is 10.2 Å². The number of aryl methyl sites for hydroxylation is 1. The van der Waals surface area contributed by atoms with Crippen LogP contribution in [-0.2, 0) is 17.8 Å². The van der Waals surface area contributed by atoms with Gasteiger partial charge in [-0.3, -0.25) is 9.59 Å². The fraction of sp³-hybridized carbons (Fsp3) is 0.231. The highest BCUT2D eigenvalue weighted by Crippen LogP contribution is 2.41. The van der Waals surface area contributed by atoms with Gasteiger partial charge in [-0.25, -0.2) is 4.98 Å². The molecule has 1 amide bonds. The average Bonchev–Trinajstić information content (AvgIpc) is 3.63. The summed E-state index contributed by atoms with van der Waals surface area (Å²) in [5, 5.41) is 26.8. The number of aromatic amines is 1. The molecule has 0 fully saturated rings. The van der Waals surface area contributed by atoms with Crippen LogP contribution in [0.5, 0.6) is 0 Å². The monoisotopic (exact) mass is 611 g/mol. The van der Waals surface area contributed by atoms with E-state index in [1.165, 1.54) is 0 Å². The first kappa shape index (κ1) is 26.6. The normalized spacial score (nSPS) is 11.3. The van der Waals surface area contributed by atoms with Gasteiger partial charge < -0.3 is 19.4 Å². The predicted molar refractivity (Wildman–Crippen MR) is 147 cm³/mol. The standard InChI is InChI=1S/C26H23BrClN7O4/c1-2-5-19-30-24(28)22(26(38)29-11-10-20(36)37)35(19)13-14-8-9-18-17(12-14)21(27)23(39-18)15-6-3-4-7-16(15)25-31-33-34-32-25/h3-4,6-9,12H,2,5,10-11,13H2,1H3,(H,29,38)(H,36,37)(H,31,32,33,34). The molecule has 3 heterocycles. The van der Waals surface area contributed by atoms with Crippen LogP contribution in [0.4, 0.5) is 0 Å². The molecule has 39 heavy (non-hydrogen) atoms. The number of carboxylic acid groups (broad SMARTS) is 1. The van der Waals surface area contributed by atoms with Crippen molar-refractivity contribution in [2.45, 2.75) is 32.7 Å². The number of aromatic nitrogens is 6. The first-order valence-corrected chi connectivity index (χ1v) is 13.3. The van der Waals surface area contributed by atoms with E-state index in [2.05, 4.69) is 46.9 Å². The third-order valence-electron chi connectivity index (χ3n) is 6.11. The van der Waals surface area contributed by atoms with E-state index in [0.29, 0.717) is 36.0 Å². The van der Waals surface area contributed by atoms with Crippen molar-refractivity contribution >= 4 is 50.4 Å². The number of H-pyrrole nitrogens is 1. The Bertz CT molecular complexity index is 1660. The van der Waals surface area contributed by atoms with E-state index >= 15 is 0 Å². The maximum Gasteiger partial charge on any atom is 0.305 e. The molecule has 5 rings (SSSR count). The molecule has 3 N–H and O–H groups in total. The number of nitrogens with one attached hydrogen (secondary N) is 2. The summed E-state index contributed by atoms with van der Waals surface area (Å²) in [6.45, 7) is 2.34. The van der Waals surface area contributed by atoms with Gasteiger partial charge in [0.05, 0.1) is 10.9 Å². The molecule has 0 spiro atoms. The van der Waals surface area contributed by atoms with Crippen LogP contribution in [0.25, 0.3) is 33.7 Å². The van der Waals surface area contributed by atoms with Crippen molar-refractivity contribution in [3.05, 3.63) is 69.2 Å². The number of hydrogen-bond acceptors (Lipinski definition) is 7. The van der Waals surface area contributed by atoms with Crippen molar-refractivity contribution in [1.82, 2.24) is 35.5 Å². The van der Waals surface area contributed by atoms with Gasteiger partial charge >= 0.3 is 5.97 Å². The molecule has 0 bridgehead atoms. The summed E-state index contributed by atoms with van der Waals surface area (Å²) >= 11 is 10.1. The Kier molecular flexibility index (Phi) is 7.75. The second kappa shape index (κ2) is 11.4. The summed E-state index contributed by atoms with van der Waals surface area (Å²) in [6.07, 6.45) is 1.24. The minimum atomic E-state index is -1.00. The Morgan fingerprint density at radius 3 is 2.72 bits per heavy atom. The summed E-state index contributed by atoms with van der Waals surface area (Å²) in [4.78, 5) is 28.2. The molecule has 0 aliphatic rings. The van der Waals surface area contributed by atoms with Crippen LogP contribution < -0.4 is 5.32 Å². The van der Waals surface area contributed by atoms with Gasteiger partial charge in [0.15, 0.2) is 5.15 Å². The van der Waals surface area contributed by atoms with E-state index in [1.807, 2.05) is 49.4 Å². The number of hydrogen-bond donors (Lipinski definition) is 3. The molecule has 0 atom stereocenters. The highest BCUT2D eigenvalue weighted by molar-refractivity contribution is 9.10. The fourth-order valence-corrected chi connectivity index (χ4v) is 5.25. The molecule has 3 aromatic heterocycles. The number of halogens is 2. The van der Waals surface area contributed by atoms with Gasteiger partial charge in [0.25, 0.3) is 5.91 Å². The van der Waals surface area contributed by atoms with Crippen molar-refractivity contribution in [2.24, 2.45) is 0 Å². The maximum atomic E-state index is 12.9. The molecule has 0 radical (unpaired) electrons. The van der Waals surface area contributed by atoms with Crippen LogP contribution in [0.2, 0.25) is 5.15 Å². The number of furan rings is 1. The number of tetrazole rings is 1. The minimum absolute atomic E-state index is 0.0131. The Balaban J connectivity index is 1.51. The molecule has 0 saturated carbocycles. The summed E-state index contributed by atoms with van der Waals surface area (Å²) in [7, 11) is 0. The largest absolute Gasteiger partial charge is 0.481 e. The average molecular weight is 613 g/mol. The smallest absolute Gasteiger partial charge is 0.305 e. The van der Waals surface area contributed by atoms with Crippen molar-refractivity contribution in [2.75, 3.05) is 6.54 Å². The van der Waals surface area contributed by atoms with E-state index in [4.69, 9.17) is 21.1 Å². The van der Waals surface area contributed by atoms with Gasteiger partial charge in [0.1, 0.15) is 22.9 Å². The quantitative estimate of drug-likeness (QED) is 0.197. The van der Waals surface area contributed by atoms with E-state index in [-0.39, 0.29) is 23.8 Å². The third-order valence-corrected chi connectivity index (χ3v) is 7.16. The lowest BCUT2D eigenvalue weighted by Crippen LogP contribution is -2.29. The Morgan fingerprint density at radius 2 is 2.00 bits per heavy atom. The first-order chi connectivity index (χ1) is 18.9. The molecular formula is C26H23BrClN7O4. The van der Waals surface area contributed by atoms with Gasteiger partial charge in [-0.05, 0) is 45.3 Å². The first-order valence-electron chi connectivity index (χ1n) is 12.2. The lowest BCUT2D eigenvalue weighted by atomic mass is 10.0. The van der Waals surface area contributed by atoms with Crippen LogP contribution in [-0.4, -0.2) is 53.7 Å². The van der Waals surface area contributed by atoms with Crippen LogP contribution in [0.3, 0.4) is 0 Å². The number of fused-ring (bicyclic) bond motifs is 1. The van der Waals surface area contributed by atoms with Gasteiger partial charge in [-0.1, -0.05) is 48.9 Å². The van der Waals surface area contributed by atoms with Crippen molar-refractivity contribution in [3.63, 3.8) is 0 Å². The second-order valence-electron chi connectivity index (χ2n) is 8.76. The van der Waals surface area contributed by atoms with Crippen LogP contribution in [0.15, 0.2) is 51.4 Å². The Labute approximate surface area is 235 Å². The zero-order valence-electron chi connectivity index (χ0n) is 20.7.